The normalized spacial score (nSPS) is 15.4. The molecule has 0 saturated carbocycles. The predicted molar refractivity (Wildman–Crippen MR) is 121 cm³/mol. The number of amides is 1. The van der Waals surface area contributed by atoms with Gasteiger partial charge >= 0.3 is 6.01 Å². The van der Waals surface area contributed by atoms with Gasteiger partial charge < -0.3 is 14.6 Å². The molecular weight excluding hydrogens is 388 g/mol. The molecule has 2 aromatic carbocycles. The third-order valence-corrected chi connectivity index (χ3v) is 5.83. The van der Waals surface area contributed by atoms with Crippen LogP contribution < -0.4 is 10.2 Å². The third-order valence-electron chi connectivity index (χ3n) is 5.83. The molecule has 0 spiro atoms. The molecule has 0 radical (unpaired) electrons. The molecule has 162 valence electrons. The molecule has 1 amide bonds. The minimum absolute atomic E-state index is 0.128. The minimum atomic E-state index is -0.400. The van der Waals surface area contributed by atoms with Crippen molar-refractivity contribution in [3.63, 3.8) is 0 Å². The molecule has 1 fully saturated rings. The van der Waals surface area contributed by atoms with Crippen LogP contribution in [-0.2, 0) is 6.42 Å². The highest BCUT2D eigenvalue weighted by Crippen LogP contribution is 2.24. The number of aromatic nitrogens is 2. The molecule has 0 unspecified atom stereocenters. The smallest absolute Gasteiger partial charge is 0.318 e. The molecule has 2 heterocycles. The van der Waals surface area contributed by atoms with E-state index >= 15 is 0 Å². The van der Waals surface area contributed by atoms with E-state index in [1.807, 2.05) is 62.4 Å². The van der Waals surface area contributed by atoms with Crippen molar-refractivity contribution in [2.45, 2.75) is 52.0 Å². The average Bonchev–Trinajstić information content (AvgIpc) is 3.11. The summed E-state index contributed by atoms with van der Waals surface area (Å²) in [6.07, 6.45) is 5.32. The molecule has 1 atom stereocenters. The van der Waals surface area contributed by atoms with Gasteiger partial charge in [-0.15, -0.1) is 5.10 Å². The van der Waals surface area contributed by atoms with Crippen molar-refractivity contribution >= 4 is 11.9 Å². The topological polar surface area (TPSA) is 71.3 Å². The highest BCUT2D eigenvalue weighted by molar-refractivity contribution is 5.96. The standard InChI is InChI=1S/C25H30N4O2/c1-18-12-13-19(2)21(16-18)23(30)26-22(17-20-10-6-5-7-11-20)24-27-28-25(31-24)29-14-8-3-4-9-15-29/h5-7,10-13,16,22H,3-4,8-9,14-15,17H2,1-2H3,(H,26,30)/t22-/m1/s1. The zero-order chi connectivity index (χ0) is 21.6. The maximum atomic E-state index is 13.1. The lowest BCUT2D eigenvalue weighted by Crippen LogP contribution is -2.31. The maximum absolute atomic E-state index is 13.1. The van der Waals surface area contributed by atoms with Crippen molar-refractivity contribution in [2.24, 2.45) is 0 Å². The van der Waals surface area contributed by atoms with Crippen LogP contribution >= 0.6 is 0 Å². The van der Waals surface area contributed by atoms with Gasteiger partial charge in [0.05, 0.1) is 0 Å². The molecule has 6 nitrogen and oxygen atoms in total. The van der Waals surface area contributed by atoms with Crippen molar-refractivity contribution in [2.75, 3.05) is 18.0 Å². The lowest BCUT2D eigenvalue weighted by molar-refractivity contribution is 0.0929. The Morgan fingerprint density at radius 2 is 1.77 bits per heavy atom. The summed E-state index contributed by atoms with van der Waals surface area (Å²) in [7, 11) is 0. The molecule has 1 aromatic heterocycles. The average molecular weight is 419 g/mol. The number of benzene rings is 2. The van der Waals surface area contributed by atoms with Gasteiger partial charge in [0, 0.05) is 25.1 Å². The quantitative estimate of drug-likeness (QED) is 0.624. The Morgan fingerprint density at radius 1 is 1.03 bits per heavy atom. The number of hydrogen-bond donors (Lipinski definition) is 1. The number of anilines is 1. The monoisotopic (exact) mass is 418 g/mol. The van der Waals surface area contributed by atoms with Crippen molar-refractivity contribution in [1.29, 1.82) is 0 Å². The second-order valence-electron chi connectivity index (χ2n) is 8.36. The first-order chi connectivity index (χ1) is 15.1. The lowest BCUT2D eigenvalue weighted by atomic mass is 10.0. The van der Waals surface area contributed by atoms with Crippen molar-refractivity contribution in [3.05, 3.63) is 76.7 Å². The summed E-state index contributed by atoms with van der Waals surface area (Å²) in [5.41, 5.74) is 3.77. The molecule has 1 aliphatic heterocycles. The molecule has 1 saturated heterocycles. The fourth-order valence-electron chi connectivity index (χ4n) is 4.02. The summed E-state index contributed by atoms with van der Waals surface area (Å²) in [6, 6.07) is 16.1. The van der Waals surface area contributed by atoms with E-state index in [4.69, 9.17) is 4.42 Å². The lowest BCUT2D eigenvalue weighted by Gasteiger charge is -2.18. The van der Waals surface area contributed by atoms with Gasteiger partial charge in [0.15, 0.2) is 0 Å². The Labute approximate surface area is 183 Å². The second-order valence-corrected chi connectivity index (χ2v) is 8.36. The predicted octanol–water partition coefficient (Wildman–Crippen LogP) is 4.78. The molecule has 4 rings (SSSR count). The van der Waals surface area contributed by atoms with Gasteiger partial charge in [-0.25, -0.2) is 0 Å². The number of nitrogens with one attached hydrogen (secondary N) is 1. The Bertz CT molecular complexity index is 1010. The fraction of sp³-hybridized carbons (Fsp3) is 0.400. The summed E-state index contributed by atoms with van der Waals surface area (Å²) < 4.78 is 6.09. The van der Waals surface area contributed by atoms with E-state index < -0.39 is 6.04 Å². The molecule has 1 aliphatic rings. The van der Waals surface area contributed by atoms with Crippen LogP contribution in [-0.4, -0.2) is 29.2 Å². The van der Waals surface area contributed by atoms with Gasteiger partial charge in [0.1, 0.15) is 6.04 Å². The van der Waals surface area contributed by atoms with Crippen LogP contribution in [0.1, 0.15) is 64.7 Å². The van der Waals surface area contributed by atoms with Gasteiger partial charge in [-0.2, -0.15) is 0 Å². The largest absolute Gasteiger partial charge is 0.406 e. The summed E-state index contributed by atoms with van der Waals surface area (Å²) in [5.74, 6) is 0.318. The molecule has 0 aliphatic carbocycles. The zero-order valence-corrected chi connectivity index (χ0v) is 18.3. The van der Waals surface area contributed by atoms with Gasteiger partial charge in [0.2, 0.25) is 5.89 Å². The first-order valence-corrected chi connectivity index (χ1v) is 11.1. The number of aryl methyl sites for hydroxylation is 2. The Kier molecular flexibility index (Phi) is 6.65. The van der Waals surface area contributed by atoms with Gasteiger partial charge in [-0.3, -0.25) is 4.79 Å². The van der Waals surface area contributed by atoms with Crippen LogP contribution in [0.25, 0.3) is 0 Å². The molecule has 0 bridgehead atoms. The summed E-state index contributed by atoms with van der Waals surface area (Å²) in [6.45, 7) is 5.80. The van der Waals surface area contributed by atoms with E-state index in [2.05, 4.69) is 20.4 Å². The number of nitrogens with zero attached hydrogens (tertiary/aromatic N) is 3. The Hall–Kier alpha value is -3.15. The SMILES string of the molecule is Cc1ccc(C)c(C(=O)N[C@H](Cc2ccccc2)c2nnc(N3CCCCCC3)o2)c1. The number of carbonyl (C=O) groups is 1. The van der Waals surface area contributed by atoms with Crippen LogP contribution in [0.5, 0.6) is 0 Å². The third kappa shape index (κ3) is 5.32. The van der Waals surface area contributed by atoms with Gasteiger partial charge in [-0.1, -0.05) is 66.0 Å². The van der Waals surface area contributed by atoms with Gasteiger partial charge in [0.25, 0.3) is 5.91 Å². The van der Waals surface area contributed by atoms with Crippen molar-refractivity contribution in [1.82, 2.24) is 15.5 Å². The fourth-order valence-corrected chi connectivity index (χ4v) is 4.02. The van der Waals surface area contributed by atoms with E-state index in [9.17, 15) is 4.79 Å². The molecule has 6 heteroatoms. The van der Waals surface area contributed by atoms with E-state index in [0.29, 0.717) is 23.9 Å². The first kappa shape index (κ1) is 21.1. The van der Waals surface area contributed by atoms with Crippen molar-refractivity contribution in [3.8, 4) is 0 Å². The minimum Gasteiger partial charge on any atom is -0.406 e. The highest BCUT2D eigenvalue weighted by Gasteiger charge is 2.25. The van der Waals surface area contributed by atoms with E-state index in [1.165, 1.54) is 12.8 Å². The van der Waals surface area contributed by atoms with E-state index in [-0.39, 0.29) is 5.91 Å². The number of carbonyl (C=O) groups excluding carboxylic acids is 1. The van der Waals surface area contributed by atoms with Crippen LogP contribution in [0.15, 0.2) is 52.9 Å². The summed E-state index contributed by atoms with van der Waals surface area (Å²) >= 11 is 0. The van der Waals surface area contributed by atoms with Crippen LogP contribution in [0, 0.1) is 13.8 Å². The number of rotatable bonds is 6. The molecule has 1 N–H and O–H groups in total. The van der Waals surface area contributed by atoms with Crippen LogP contribution in [0.2, 0.25) is 0 Å². The van der Waals surface area contributed by atoms with E-state index in [1.54, 1.807) is 0 Å². The van der Waals surface area contributed by atoms with Crippen LogP contribution in [0.3, 0.4) is 0 Å². The highest BCUT2D eigenvalue weighted by atomic mass is 16.4. The first-order valence-electron chi connectivity index (χ1n) is 11.1. The Balaban J connectivity index is 1.58. The van der Waals surface area contributed by atoms with Crippen molar-refractivity contribution < 1.29 is 9.21 Å². The summed E-state index contributed by atoms with van der Waals surface area (Å²) in [4.78, 5) is 15.3. The number of hydrogen-bond acceptors (Lipinski definition) is 5. The second kappa shape index (κ2) is 9.77. The maximum Gasteiger partial charge on any atom is 0.318 e. The van der Waals surface area contributed by atoms with Crippen LogP contribution in [0.4, 0.5) is 6.01 Å². The van der Waals surface area contributed by atoms with Gasteiger partial charge in [-0.05, 0) is 43.9 Å². The summed E-state index contributed by atoms with van der Waals surface area (Å²) in [5, 5.41) is 11.8. The molecule has 31 heavy (non-hydrogen) atoms. The molecular formula is C25H30N4O2. The zero-order valence-electron chi connectivity index (χ0n) is 18.3. The van der Waals surface area contributed by atoms with E-state index in [0.717, 1.165) is 42.6 Å². The Morgan fingerprint density at radius 3 is 2.52 bits per heavy atom. The molecule has 3 aromatic rings.